The van der Waals surface area contributed by atoms with E-state index in [0.29, 0.717) is 18.7 Å². The Kier molecular flexibility index (Phi) is 4.84. The molecule has 116 valence electrons. The zero-order chi connectivity index (χ0) is 16.2. The fourth-order valence-corrected chi connectivity index (χ4v) is 2.35. The van der Waals surface area contributed by atoms with Crippen molar-refractivity contribution >= 4 is 15.9 Å². The number of benzene rings is 1. The summed E-state index contributed by atoms with van der Waals surface area (Å²) in [6.45, 7) is 2.17. The highest BCUT2D eigenvalue weighted by atomic mass is 32.2. The van der Waals surface area contributed by atoms with Crippen LogP contribution in [0.1, 0.15) is 21.7 Å². The molecule has 1 amide bonds. The Hall–Kier alpha value is -2.32. The molecule has 0 atom stereocenters. The molecule has 0 radical (unpaired) electrons. The van der Waals surface area contributed by atoms with Crippen molar-refractivity contribution in [2.24, 2.45) is 5.14 Å². The third-order valence-electron chi connectivity index (χ3n) is 2.94. The Bertz CT molecular complexity index is 773. The van der Waals surface area contributed by atoms with E-state index < -0.39 is 10.0 Å². The van der Waals surface area contributed by atoms with Crippen molar-refractivity contribution in [3.63, 3.8) is 0 Å². The van der Waals surface area contributed by atoms with Crippen molar-refractivity contribution in [3.8, 4) is 0 Å². The molecule has 0 aliphatic rings. The van der Waals surface area contributed by atoms with Crippen LogP contribution in [0.5, 0.6) is 0 Å². The fraction of sp³-hybridized carbons (Fsp3) is 0.214. The van der Waals surface area contributed by atoms with Crippen LogP contribution in [0.2, 0.25) is 0 Å². The first-order chi connectivity index (χ1) is 10.4. The number of hydrogen-bond donors (Lipinski definition) is 2. The minimum Gasteiger partial charge on any atom is -0.350 e. The van der Waals surface area contributed by atoms with Gasteiger partial charge in [0.05, 0.1) is 16.8 Å². The molecule has 22 heavy (non-hydrogen) atoms. The number of amides is 1. The molecule has 7 nitrogen and oxygen atoms in total. The summed E-state index contributed by atoms with van der Waals surface area (Å²) in [6.07, 6.45) is 3.54. The van der Waals surface area contributed by atoms with E-state index in [4.69, 9.17) is 5.14 Å². The molecule has 0 spiro atoms. The topological polar surface area (TPSA) is 115 Å². The number of primary sulfonamides is 1. The molecule has 1 aromatic heterocycles. The van der Waals surface area contributed by atoms with Crippen molar-refractivity contribution in [2.75, 3.05) is 6.54 Å². The van der Waals surface area contributed by atoms with Crippen LogP contribution in [0.3, 0.4) is 0 Å². The number of nitrogens with zero attached hydrogens (tertiary/aromatic N) is 2. The van der Waals surface area contributed by atoms with Gasteiger partial charge in [-0.15, -0.1) is 0 Å². The summed E-state index contributed by atoms with van der Waals surface area (Å²) in [5.74, 6) is -0.294. The normalized spacial score (nSPS) is 11.2. The van der Waals surface area contributed by atoms with Crippen molar-refractivity contribution in [1.82, 2.24) is 15.3 Å². The van der Waals surface area contributed by atoms with Crippen LogP contribution in [0.4, 0.5) is 0 Å². The van der Waals surface area contributed by atoms with Crippen LogP contribution in [-0.4, -0.2) is 30.8 Å². The molecule has 0 saturated carbocycles. The molecule has 2 rings (SSSR count). The van der Waals surface area contributed by atoms with E-state index >= 15 is 0 Å². The summed E-state index contributed by atoms with van der Waals surface area (Å²) in [6, 6.07) is 6.22. The molecule has 0 unspecified atom stereocenters. The van der Waals surface area contributed by atoms with Gasteiger partial charge in [0.1, 0.15) is 5.69 Å². The van der Waals surface area contributed by atoms with Crippen LogP contribution < -0.4 is 10.5 Å². The number of carbonyl (C=O) groups is 1. The molecule has 2 aromatic rings. The van der Waals surface area contributed by atoms with E-state index in [1.807, 2.05) is 0 Å². The van der Waals surface area contributed by atoms with E-state index in [0.717, 1.165) is 5.56 Å². The first kappa shape index (κ1) is 16.1. The van der Waals surface area contributed by atoms with Gasteiger partial charge in [-0.05, 0) is 31.0 Å². The first-order valence-corrected chi connectivity index (χ1v) is 8.09. The molecule has 1 heterocycles. The summed E-state index contributed by atoms with van der Waals surface area (Å²) in [4.78, 5) is 19.9. The largest absolute Gasteiger partial charge is 0.350 e. The summed E-state index contributed by atoms with van der Waals surface area (Å²) in [7, 11) is -3.68. The highest BCUT2D eigenvalue weighted by Crippen LogP contribution is 2.09. The van der Waals surface area contributed by atoms with Gasteiger partial charge in [-0.3, -0.25) is 9.78 Å². The average molecular weight is 320 g/mol. The van der Waals surface area contributed by atoms with Gasteiger partial charge in [-0.2, -0.15) is 0 Å². The van der Waals surface area contributed by atoms with E-state index in [1.165, 1.54) is 18.3 Å². The van der Waals surface area contributed by atoms with Crippen molar-refractivity contribution < 1.29 is 13.2 Å². The van der Waals surface area contributed by atoms with Gasteiger partial charge in [0.25, 0.3) is 5.91 Å². The summed E-state index contributed by atoms with van der Waals surface area (Å²) < 4.78 is 22.3. The Morgan fingerprint density at radius 2 is 1.91 bits per heavy atom. The lowest BCUT2D eigenvalue weighted by atomic mass is 10.1. The van der Waals surface area contributed by atoms with Gasteiger partial charge in [0, 0.05) is 12.7 Å². The van der Waals surface area contributed by atoms with E-state index in [2.05, 4.69) is 15.3 Å². The number of aromatic nitrogens is 2. The quantitative estimate of drug-likeness (QED) is 0.827. The molecule has 0 bridgehead atoms. The Labute approximate surface area is 128 Å². The minimum atomic E-state index is -3.68. The number of rotatable bonds is 5. The molecule has 0 aliphatic heterocycles. The third-order valence-corrected chi connectivity index (χ3v) is 3.87. The molecular weight excluding hydrogens is 304 g/mol. The van der Waals surface area contributed by atoms with Gasteiger partial charge >= 0.3 is 0 Å². The van der Waals surface area contributed by atoms with Crippen LogP contribution in [0, 0.1) is 6.92 Å². The number of nitrogens with two attached hydrogens (primary N) is 1. The molecule has 3 N–H and O–H groups in total. The van der Waals surface area contributed by atoms with Crippen LogP contribution >= 0.6 is 0 Å². The van der Waals surface area contributed by atoms with Gasteiger partial charge < -0.3 is 5.32 Å². The molecule has 0 aliphatic carbocycles. The minimum absolute atomic E-state index is 0.0651. The summed E-state index contributed by atoms with van der Waals surface area (Å²) in [5.41, 5.74) is 1.83. The van der Waals surface area contributed by atoms with Gasteiger partial charge in [-0.25, -0.2) is 18.5 Å². The van der Waals surface area contributed by atoms with E-state index in [1.54, 1.807) is 25.3 Å². The Morgan fingerprint density at radius 3 is 2.50 bits per heavy atom. The zero-order valence-corrected chi connectivity index (χ0v) is 12.8. The van der Waals surface area contributed by atoms with Crippen molar-refractivity contribution in [1.29, 1.82) is 0 Å². The number of aryl methyl sites for hydroxylation is 1. The molecule has 0 saturated heterocycles. The lowest BCUT2D eigenvalue weighted by molar-refractivity contribution is 0.0948. The van der Waals surface area contributed by atoms with Gasteiger partial charge in [0.15, 0.2) is 0 Å². The molecule has 8 heteroatoms. The monoisotopic (exact) mass is 320 g/mol. The van der Waals surface area contributed by atoms with Gasteiger partial charge in [-0.1, -0.05) is 12.1 Å². The maximum absolute atomic E-state index is 11.9. The number of nitrogens with one attached hydrogen (secondary N) is 1. The highest BCUT2D eigenvalue weighted by Gasteiger charge is 2.08. The van der Waals surface area contributed by atoms with Gasteiger partial charge in [0.2, 0.25) is 10.0 Å². The maximum atomic E-state index is 11.9. The average Bonchev–Trinajstić information content (AvgIpc) is 2.47. The van der Waals surface area contributed by atoms with Crippen LogP contribution in [-0.2, 0) is 16.4 Å². The molecule has 0 fully saturated rings. The summed E-state index contributed by atoms with van der Waals surface area (Å²) >= 11 is 0. The number of carbonyl (C=O) groups excluding carboxylic acids is 1. The van der Waals surface area contributed by atoms with E-state index in [9.17, 15) is 13.2 Å². The molecule has 1 aromatic carbocycles. The Morgan fingerprint density at radius 1 is 1.23 bits per heavy atom. The lowest BCUT2D eigenvalue weighted by Gasteiger charge is -2.06. The predicted octanol–water partition coefficient (Wildman–Crippen LogP) is 0.405. The Balaban J connectivity index is 1.90. The second kappa shape index (κ2) is 6.63. The van der Waals surface area contributed by atoms with Crippen molar-refractivity contribution in [3.05, 3.63) is 53.6 Å². The standard InChI is InChI=1S/C14H16N4O3S/c1-10-8-16-9-13(18-10)14(19)17-7-6-11-2-4-12(5-3-11)22(15,20)21/h2-5,8-9H,6-7H2,1H3,(H,17,19)(H2,15,20,21). The number of hydrogen-bond acceptors (Lipinski definition) is 5. The van der Waals surface area contributed by atoms with Crippen LogP contribution in [0.25, 0.3) is 0 Å². The maximum Gasteiger partial charge on any atom is 0.271 e. The van der Waals surface area contributed by atoms with E-state index in [-0.39, 0.29) is 16.5 Å². The van der Waals surface area contributed by atoms with Crippen molar-refractivity contribution in [2.45, 2.75) is 18.2 Å². The predicted molar refractivity (Wildman–Crippen MR) is 80.6 cm³/mol. The SMILES string of the molecule is Cc1cncc(C(=O)NCCc2ccc(S(N)(=O)=O)cc2)n1. The van der Waals surface area contributed by atoms with Crippen LogP contribution in [0.15, 0.2) is 41.6 Å². The highest BCUT2D eigenvalue weighted by molar-refractivity contribution is 7.89. The summed E-state index contributed by atoms with van der Waals surface area (Å²) in [5, 5.41) is 7.76. The first-order valence-electron chi connectivity index (χ1n) is 6.55. The fourth-order valence-electron chi connectivity index (χ4n) is 1.83. The smallest absolute Gasteiger partial charge is 0.271 e. The third kappa shape index (κ3) is 4.34. The molecular formula is C14H16N4O3S. The second-order valence-electron chi connectivity index (χ2n) is 4.74. The lowest BCUT2D eigenvalue weighted by Crippen LogP contribution is -2.26. The zero-order valence-electron chi connectivity index (χ0n) is 12.0. The number of sulfonamides is 1. The second-order valence-corrected chi connectivity index (χ2v) is 6.30.